The van der Waals surface area contributed by atoms with Crippen molar-refractivity contribution in [2.45, 2.75) is 50.0 Å². The Morgan fingerprint density at radius 2 is 2.16 bits per heavy atom. The van der Waals surface area contributed by atoms with Crippen LogP contribution in [0.3, 0.4) is 0 Å². The van der Waals surface area contributed by atoms with E-state index in [0.29, 0.717) is 5.92 Å². The van der Waals surface area contributed by atoms with Gasteiger partial charge in [0, 0.05) is 12.2 Å². The third-order valence-electron chi connectivity index (χ3n) is 4.59. The van der Waals surface area contributed by atoms with Gasteiger partial charge in [-0.2, -0.15) is 0 Å². The van der Waals surface area contributed by atoms with Crippen LogP contribution in [0.2, 0.25) is 0 Å². The summed E-state index contributed by atoms with van der Waals surface area (Å²) in [7, 11) is 1.69. The average molecular weight is 262 g/mol. The number of hydrogen-bond donors (Lipinski definition) is 1. The quantitative estimate of drug-likeness (QED) is 0.908. The van der Waals surface area contributed by atoms with Gasteiger partial charge in [-0.05, 0) is 62.6 Å². The van der Waals surface area contributed by atoms with Gasteiger partial charge in [-0.1, -0.05) is 0 Å². The lowest BCUT2D eigenvalue weighted by atomic mass is 9.80. The predicted octanol–water partition coefficient (Wildman–Crippen LogP) is 3.26. The third-order valence-corrected chi connectivity index (χ3v) is 4.59. The van der Waals surface area contributed by atoms with E-state index in [1.165, 1.54) is 18.4 Å². The van der Waals surface area contributed by atoms with E-state index >= 15 is 0 Å². The Kier molecular flexibility index (Phi) is 3.40. The fraction of sp³-hybridized carbons (Fsp3) is 0.625. The Labute approximate surface area is 114 Å². The molecule has 0 amide bonds. The molecule has 3 rings (SSSR count). The van der Waals surface area contributed by atoms with Crippen LogP contribution in [0.25, 0.3) is 0 Å². The van der Waals surface area contributed by atoms with Crippen molar-refractivity contribution in [3.8, 4) is 11.5 Å². The molecule has 1 unspecified atom stereocenters. The first-order valence-electron chi connectivity index (χ1n) is 7.24. The van der Waals surface area contributed by atoms with Gasteiger partial charge in [-0.25, -0.2) is 0 Å². The number of ether oxygens (including phenoxy) is 2. The zero-order valence-corrected chi connectivity index (χ0v) is 11.5. The molecule has 1 aromatic carbocycles. The number of rotatable bonds is 3. The first-order valence-corrected chi connectivity index (χ1v) is 7.24. The SMILES string of the molecule is COc1ccc2c(c1)C(CCO)CC1(CCCC1)O2. The van der Waals surface area contributed by atoms with E-state index in [-0.39, 0.29) is 12.2 Å². The van der Waals surface area contributed by atoms with Crippen LogP contribution in [0.4, 0.5) is 0 Å². The molecule has 1 saturated carbocycles. The topological polar surface area (TPSA) is 38.7 Å². The van der Waals surface area contributed by atoms with E-state index in [4.69, 9.17) is 9.47 Å². The first kappa shape index (κ1) is 12.8. The van der Waals surface area contributed by atoms with Gasteiger partial charge >= 0.3 is 0 Å². The molecular weight excluding hydrogens is 240 g/mol. The van der Waals surface area contributed by atoms with Gasteiger partial charge in [-0.3, -0.25) is 0 Å². The molecule has 0 bridgehead atoms. The molecule has 1 spiro atoms. The fourth-order valence-electron chi connectivity index (χ4n) is 3.64. The minimum absolute atomic E-state index is 0.0292. The summed E-state index contributed by atoms with van der Waals surface area (Å²) in [5, 5.41) is 9.33. The average Bonchev–Trinajstić information content (AvgIpc) is 2.86. The second-order valence-electron chi connectivity index (χ2n) is 5.81. The molecule has 1 aliphatic heterocycles. The van der Waals surface area contributed by atoms with Crippen molar-refractivity contribution in [3.05, 3.63) is 23.8 Å². The van der Waals surface area contributed by atoms with Crippen LogP contribution in [0.15, 0.2) is 18.2 Å². The highest BCUT2D eigenvalue weighted by molar-refractivity contribution is 5.44. The Morgan fingerprint density at radius 1 is 1.37 bits per heavy atom. The predicted molar refractivity (Wildman–Crippen MR) is 73.9 cm³/mol. The second-order valence-corrected chi connectivity index (χ2v) is 5.81. The maximum atomic E-state index is 9.33. The van der Waals surface area contributed by atoms with Crippen molar-refractivity contribution in [1.82, 2.24) is 0 Å². The molecular formula is C16H22O3. The maximum Gasteiger partial charge on any atom is 0.123 e. The van der Waals surface area contributed by atoms with Crippen molar-refractivity contribution in [3.63, 3.8) is 0 Å². The zero-order chi connectivity index (χ0) is 13.3. The highest BCUT2D eigenvalue weighted by Crippen LogP contribution is 2.49. The lowest BCUT2D eigenvalue weighted by Gasteiger charge is -2.40. The number of aliphatic hydroxyl groups excluding tert-OH is 1. The van der Waals surface area contributed by atoms with Gasteiger partial charge in [0.05, 0.1) is 7.11 Å². The van der Waals surface area contributed by atoms with Crippen molar-refractivity contribution in [1.29, 1.82) is 0 Å². The maximum absolute atomic E-state index is 9.33. The third kappa shape index (κ3) is 2.32. The van der Waals surface area contributed by atoms with Gasteiger partial charge in [0.15, 0.2) is 0 Å². The van der Waals surface area contributed by atoms with E-state index < -0.39 is 0 Å². The molecule has 1 aromatic rings. The fourth-order valence-corrected chi connectivity index (χ4v) is 3.64. The molecule has 0 radical (unpaired) electrons. The van der Waals surface area contributed by atoms with Crippen molar-refractivity contribution in [2.24, 2.45) is 0 Å². The number of fused-ring (bicyclic) bond motifs is 1. The highest BCUT2D eigenvalue weighted by atomic mass is 16.5. The summed E-state index contributed by atoms with van der Waals surface area (Å²) in [5.74, 6) is 2.25. The molecule has 0 aromatic heterocycles. The molecule has 3 heteroatoms. The highest BCUT2D eigenvalue weighted by Gasteiger charge is 2.42. The monoisotopic (exact) mass is 262 g/mol. The Bertz CT molecular complexity index is 449. The van der Waals surface area contributed by atoms with Gasteiger partial charge in [0.25, 0.3) is 0 Å². The lowest BCUT2D eigenvalue weighted by molar-refractivity contribution is 0.0380. The number of hydrogen-bond acceptors (Lipinski definition) is 3. The largest absolute Gasteiger partial charge is 0.497 e. The van der Waals surface area contributed by atoms with E-state index in [9.17, 15) is 5.11 Å². The number of methoxy groups -OCH3 is 1. The van der Waals surface area contributed by atoms with Crippen LogP contribution < -0.4 is 9.47 Å². The van der Waals surface area contributed by atoms with Crippen molar-refractivity contribution >= 4 is 0 Å². The van der Waals surface area contributed by atoms with E-state index in [1.54, 1.807) is 7.11 Å². The van der Waals surface area contributed by atoms with Crippen LogP contribution in [0.1, 0.15) is 50.0 Å². The molecule has 1 N–H and O–H groups in total. The summed E-state index contributed by atoms with van der Waals surface area (Å²) in [5.41, 5.74) is 1.23. The smallest absolute Gasteiger partial charge is 0.123 e. The molecule has 1 aliphatic carbocycles. The van der Waals surface area contributed by atoms with Crippen LogP contribution in [0, 0.1) is 0 Å². The molecule has 1 heterocycles. The first-order chi connectivity index (χ1) is 9.26. The van der Waals surface area contributed by atoms with Gasteiger partial charge in [0.2, 0.25) is 0 Å². The van der Waals surface area contributed by atoms with Crippen LogP contribution >= 0.6 is 0 Å². The summed E-state index contributed by atoms with van der Waals surface area (Å²) in [6.45, 7) is 0.234. The minimum Gasteiger partial charge on any atom is -0.497 e. The lowest BCUT2D eigenvalue weighted by Crippen LogP contribution is -2.38. The van der Waals surface area contributed by atoms with E-state index in [1.807, 2.05) is 12.1 Å². The summed E-state index contributed by atoms with van der Waals surface area (Å²) in [6.07, 6.45) is 6.68. The van der Waals surface area contributed by atoms with Gasteiger partial charge in [0.1, 0.15) is 17.1 Å². The summed E-state index contributed by atoms with van der Waals surface area (Å²) >= 11 is 0. The van der Waals surface area contributed by atoms with Gasteiger partial charge < -0.3 is 14.6 Å². The van der Waals surface area contributed by atoms with Crippen molar-refractivity contribution in [2.75, 3.05) is 13.7 Å². The molecule has 0 saturated heterocycles. The Morgan fingerprint density at radius 3 is 2.84 bits per heavy atom. The second kappa shape index (κ2) is 5.04. The molecule has 19 heavy (non-hydrogen) atoms. The van der Waals surface area contributed by atoms with E-state index in [2.05, 4.69) is 6.07 Å². The Hall–Kier alpha value is -1.22. The molecule has 1 atom stereocenters. The Balaban J connectivity index is 1.96. The zero-order valence-electron chi connectivity index (χ0n) is 11.5. The minimum atomic E-state index is 0.0292. The summed E-state index contributed by atoms with van der Waals surface area (Å²) < 4.78 is 11.6. The summed E-state index contributed by atoms with van der Waals surface area (Å²) in [6, 6.07) is 6.05. The van der Waals surface area contributed by atoms with Crippen LogP contribution in [0.5, 0.6) is 11.5 Å². The number of benzene rings is 1. The molecule has 3 nitrogen and oxygen atoms in total. The molecule has 104 valence electrons. The van der Waals surface area contributed by atoms with Crippen molar-refractivity contribution < 1.29 is 14.6 Å². The normalized spacial score (nSPS) is 24.0. The van der Waals surface area contributed by atoms with Crippen LogP contribution in [-0.4, -0.2) is 24.4 Å². The molecule has 2 aliphatic rings. The number of aliphatic hydroxyl groups is 1. The standard InChI is InChI=1S/C16H22O3/c1-18-13-4-5-15-14(10-13)12(6-9-17)11-16(19-15)7-2-3-8-16/h4-5,10,12,17H,2-3,6-9,11H2,1H3. The summed E-state index contributed by atoms with van der Waals surface area (Å²) in [4.78, 5) is 0. The van der Waals surface area contributed by atoms with Gasteiger partial charge in [-0.15, -0.1) is 0 Å². The van der Waals surface area contributed by atoms with Crippen LogP contribution in [-0.2, 0) is 0 Å². The van der Waals surface area contributed by atoms with E-state index in [0.717, 1.165) is 37.2 Å². The molecule has 1 fully saturated rings.